The molecule has 1 saturated carbocycles. The van der Waals surface area contributed by atoms with Crippen molar-refractivity contribution in [2.24, 2.45) is 11.3 Å². The van der Waals surface area contributed by atoms with E-state index in [4.69, 9.17) is 0 Å². The largest absolute Gasteiger partial charge is 0.313 e. The molecule has 0 amide bonds. The van der Waals surface area contributed by atoms with E-state index in [9.17, 15) is 0 Å². The van der Waals surface area contributed by atoms with Crippen molar-refractivity contribution in [2.45, 2.75) is 90.4 Å². The quantitative estimate of drug-likeness (QED) is 0.636. The topological polar surface area (TPSA) is 12.0 Å². The molecule has 0 aromatic heterocycles. The lowest BCUT2D eigenvalue weighted by atomic mass is 9.69. The van der Waals surface area contributed by atoms with Crippen LogP contribution in [-0.2, 0) is 0 Å². The van der Waals surface area contributed by atoms with Crippen LogP contribution in [0.15, 0.2) is 0 Å². The van der Waals surface area contributed by atoms with Gasteiger partial charge in [0.15, 0.2) is 0 Å². The van der Waals surface area contributed by atoms with Crippen LogP contribution >= 0.6 is 11.8 Å². The summed E-state index contributed by atoms with van der Waals surface area (Å²) in [5, 5.41) is 3.88. The Labute approximate surface area is 132 Å². The third-order valence-corrected chi connectivity index (χ3v) is 7.77. The average Bonchev–Trinajstić information content (AvgIpc) is 2.50. The molecule has 0 bridgehead atoms. The Bertz CT molecular complexity index is 254. The highest BCUT2D eigenvalue weighted by Gasteiger charge is 2.32. The molecule has 0 spiro atoms. The maximum absolute atomic E-state index is 3.88. The Morgan fingerprint density at radius 2 is 1.50 bits per heavy atom. The lowest BCUT2D eigenvalue weighted by molar-refractivity contribution is 0.136. The van der Waals surface area contributed by atoms with Crippen molar-refractivity contribution in [1.82, 2.24) is 5.32 Å². The highest BCUT2D eigenvalue weighted by molar-refractivity contribution is 8.00. The fourth-order valence-electron chi connectivity index (χ4n) is 3.56. The third-order valence-electron chi connectivity index (χ3n) is 6.18. The van der Waals surface area contributed by atoms with Crippen LogP contribution in [0.1, 0.15) is 79.6 Å². The van der Waals surface area contributed by atoms with Crippen LogP contribution < -0.4 is 5.32 Å². The zero-order chi connectivity index (χ0) is 15.2. The number of rotatable bonds is 8. The van der Waals surface area contributed by atoms with Crippen LogP contribution in [0, 0.1) is 11.3 Å². The summed E-state index contributed by atoms with van der Waals surface area (Å²) >= 11 is 2.05. The Morgan fingerprint density at radius 3 is 1.90 bits per heavy atom. The van der Waals surface area contributed by atoms with Gasteiger partial charge >= 0.3 is 0 Å². The van der Waals surface area contributed by atoms with Gasteiger partial charge in [0.1, 0.15) is 0 Å². The molecule has 0 heterocycles. The highest BCUT2D eigenvalue weighted by atomic mass is 32.2. The minimum absolute atomic E-state index is 0.458. The summed E-state index contributed by atoms with van der Waals surface area (Å²) in [6.45, 7) is 13.1. The van der Waals surface area contributed by atoms with Crippen LogP contribution in [0.5, 0.6) is 0 Å². The van der Waals surface area contributed by atoms with Crippen molar-refractivity contribution in [3.05, 3.63) is 0 Å². The van der Waals surface area contributed by atoms with E-state index in [2.05, 4.69) is 58.0 Å². The first-order valence-electron chi connectivity index (χ1n) is 8.71. The molecule has 1 aliphatic carbocycles. The zero-order valence-electron chi connectivity index (χ0n) is 14.7. The molecule has 1 N–H and O–H groups in total. The predicted molar refractivity (Wildman–Crippen MR) is 94.6 cm³/mol. The number of thioether (sulfide) groups is 1. The molecule has 1 rings (SSSR count). The Morgan fingerprint density at radius 1 is 0.950 bits per heavy atom. The van der Waals surface area contributed by atoms with Crippen LogP contribution in [0.2, 0.25) is 0 Å². The molecule has 2 heteroatoms. The minimum atomic E-state index is 0.458. The molecule has 0 aromatic rings. The molecule has 0 atom stereocenters. The van der Waals surface area contributed by atoms with Gasteiger partial charge in [-0.3, -0.25) is 0 Å². The standard InChI is InChI=1S/C18H37NS/c1-7-17(4,5)15-10-12-16(13-11-15)19-14-18(8-2,9-3)20-6/h15-16,19H,7-14H2,1-6H3. The summed E-state index contributed by atoms with van der Waals surface area (Å²) in [4.78, 5) is 0. The van der Waals surface area contributed by atoms with Gasteiger partial charge in [-0.25, -0.2) is 0 Å². The Hall–Kier alpha value is 0.310. The Balaban J connectivity index is 2.40. The number of hydrogen-bond acceptors (Lipinski definition) is 2. The number of hydrogen-bond donors (Lipinski definition) is 1. The molecule has 0 aliphatic heterocycles. The molecular weight excluding hydrogens is 262 g/mol. The maximum atomic E-state index is 3.88. The van der Waals surface area contributed by atoms with Crippen LogP contribution in [0.25, 0.3) is 0 Å². The van der Waals surface area contributed by atoms with Crippen molar-refractivity contribution < 1.29 is 0 Å². The van der Waals surface area contributed by atoms with Gasteiger partial charge in [-0.2, -0.15) is 11.8 Å². The first kappa shape index (κ1) is 18.4. The molecule has 20 heavy (non-hydrogen) atoms. The van der Waals surface area contributed by atoms with E-state index in [-0.39, 0.29) is 0 Å². The fraction of sp³-hybridized carbons (Fsp3) is 1.00. The molecule has 1 aliphatic rings. The summed E-state index contributed by atoms with van der Waals surface area (Å²) in [7, 11) is 0. The predicted octanol–water partition coefficient (Wildman–Crippen LogP) is 5.49. The SMILES string of the molecule is CCC(CC)(CNC1CCC(C(C)(C)CC)CC1)SC. The van der Waals surface area contributed by atoms with Gasteiger partial charge < -0.3 is 5.32 Å². The average molecular weight is 300 g/mol. The summed E-state index contributed by atoms with van der Waals surface area (Å²) in [6, 6.07) is 0.767. The molecule has 0 radical (unpaired) electrons. The molecule has 1 fully saturated rings. The van der Waals surface area contributed by atoms with Crippen molar-refractivity contribution in [3.63, 3.8) is 0 Å². The summed E-state index contributed by atoms with van der Waals surface area (Å²) < 4.78 is 0.458. The molecule has 0 unspecified atom stereocenters. The van der Waals surface area contributed by atoms with Crippen LogP contribution in [-0.4, -0.2) is 23.6 Å². The molecule has 120 valence electrons. The minimum Gasteiger partial charge on any atom is -0.313 e. The van der Waals surface area contributed by atoms with Gasteiger partial charge in [-0.15, -0.1) is 0 Å². The maximum Gasteiger partial charge on any atom is 0.0276 e. The van der Waals surface area contributed by atoms with Crippen LogP contribution in [0.3, 0.4) is 0 Å². The van der Waals surface area contributed by atoms with E-state index in [1.54, 1.807) is 0 Å². The van der Waals surface area contributed by atoms with E-state index in [0.29, 0.717) is 10.2 Å². The zero-order valence-corrected chi connectivity index (χ0v) is 15.5. The summed E-state index contributed by atoms with van der Waals surface area (Å²) in [5.74, 6) is 0.938. The first-order valence-corrected chi connectivity index (χ1v) is 9.94. The van der Waals surface area contributed by atoms with Crippen molar-refractivity contribution in [2.75, 3.05) is 12.8 Å². The van der Waals surface area contributed by atoms with Gasteiger partial charge in [-0.1, -0.05) is 41.0 Å². The van der Waals surface area contributed by atoms with Crippen LogP contribution in [0.4, 0.5) is 0 Å². The van der Waals surface area contributed by atoms with Gasteiger partial charge in [0.05, 0.1) is 0 Å². The van der Waals surface area contributed by atoms with Crippen molar-refractivity contribution >= 4 is 11.8 Å². The second kappa shape index (κ2) is 8.08. The lowest BCUT2D eigenvalue weighted by Crippen LogP contribution is -2.44. The molecule has 0 aromatic carbocycles. The van der Waals surface area contributed by atoms with Gasteiger partial charge in [0.2, 0.25) is 0 Å². The second-order valence-electron chi connectivity index (χ2n) is 7.37. The normalized spacial score (nSPS) is 24.9. The first-order chi connectivity index (χ1) is 9.43. The van der Waals surface area contributed by atoms with Crippen molar-refractivity contribution in [3.8, 4) is 0 Å². The summed E-state index contributed by atoms with van der Waals surface area (Å²) in [5.41, 5.74) is 0.542. The summed E-state index contributed by atoms with van der Waals surface area (Å²) in [6.07, 6.45) is 11.7. The highest BCUT2D eigenvalue weighted by Crippen LogP contribution is 2.40. The van der Waals surface area contributed by atoms with Gasteiger partial charge in [0, 0.05) is 17.3 Å². The van der Waals surface area contributed by atoms with E-state index in [1.165, 1.54) is 51.5 Å². The van der Waals surface area contributed by atoms with Crippen molar-refractivity contribution in [1.29, 1.82) is 0 Å². The van der Waals surface area contributed by atoms with Gasteiger partial charge in [0.25, 0.3) is 0 Å². The van der Waals surface area contributed by atoms with E-state index >= 15 is 0 Å². The van der Waals surface area contributed by atoms with E-state index in [0.717, 1.165) is 12.0 Å². The third kappa shape index (κ3) is 4.66. The number of nitrogens with one attached hydrogen (secondary N) is 1. The molecular formula is C18H37NS. The molecule has 0 saturated heterocycles. The van der Waals surface area contributed by atoms with E-state index < -0.39 is 0 Å². The molecule has 1 nitrogen and oxygen atoms in total. The lowest BCUT2D eigenvalue weighted by Gasteiger charge is -2.40. The monoisotopic (exact) mass is 299 g/mol. The van der Waals surface area contributed by atoms with Gasteiger partial charge in [-0.05, 0) is 56.1 Å². The van der Waals surface area contributed by atoms with E-state index in [1.807, 2.05) is 0 Å². The Kier molecular flexibility index (Phi) is 7.41. The second-order valence-corrected chi connectivity index (χ2v) is 8.64. The smallest absolute Gasteiger partial charge is 0.0276 e. The fourth-order valence-corrected chi connectivity index (χ4v) is 4.36.